The van der Waals surface area contributed by atoms with E-state index in [9.17, 15) is 0 Å². The first-order valence-corrected chi connectivity index (χ1v) is 9.42. The van der Waals surface area contributed by atoms with Crippen molar-refractivity contribution in [1.29, 1.82) is 0 Å². The quantitative estimate of drug-likeness (QED) is 0.512. The number of nitrogens with two attached hydrogens (primary N) is 1. The van der Waals surface area contributed by atoms with E-state index in [2.05, 4.69) is 49.4 Å². The number of fused-ring (bicyclic) bond motifs is 1. The Morgan fingerprint density at radius 2 is 1.71 bits per heavy atom. The molecule has 1 aliphatic heterocycles. The Hall–Kier alpha value is -3.45. The van der Waals surface area contributed by atoms with E-state index in [1.54, 1.807) is 6.20 Å². The van der Waals surface area contributed by atoms with E-state index in [4.69, 9.17) is 10.7 Å². The third kappa shape index (κ3) is 3.05. The van der Waals surface area contributed by atoms with E-state index >= 15 is 0 Å². The summed E-state index contributed by atoms with van der Waals surface area (Å²) in [5.74, 6) is 0.991. The van der Waals surface area contributed by atoms with Crippen LogP contribution in [0.2, 0.25) is 0 Å². The Labute approximate surface area is 162 Å². The topological polar surface area (TPSA) is 95.8 Å². The van der Waals surface area contributed by atoms with Crippen molar-refractivity contribution in [3.8, 4) is 22.8 Å². The maximum Gasteiger partial charge on any atom is 0.161 e. The van der Waals surface area contributed by atoms with Crippen molar-refractivity contribution in [2.75, 3.05) is 36.8 Å². The average Bonchev–Trinajstić information content (AvgIpc) is 3.19. The lowest BCUT2D eigenvalue weighted by molar-refractivity contribution is 0.589. The minimum absolute atomic E-state index is 0.361. The number of nitrogens with zero attached hydrogens (tertiary/aromatic N) is 4. The zero-order valence-electron chi connectivity index (χ0n) is 15.4. The van der Waals surface area contributed by atoms with Crippen LogP contribution in [0, 0.1) is 0 Å². The van der Waals surface area contributed by atoms with Crippen LogP contribution in [0.15, 0.2) is 54.7 Å². The van der Waals surface area contributed by atoms with Gasteiger partial charge >= 0.3 is 0 Å². The van der Waals surface area contributed by atoms with Crippen LogP contribution in [0.1, 0.15) is 0 Å². The molecular formula is C21H21N7. The number of rotatable bonds is 3. The van der Waals surface area contributed by atoms with Crippen molar-refractivity contribution in [3.63, 3.8) is 0 Å². The number of para-hydroxylation sites is 2. The molecule has 0 aliphatic carbocycles. The highest BCUT2D eigenvalue weighted by molar-refractivity contribution is 5.81. The van der Waals surface area contributed by atoms with E-state index in [0.717, 1.165) is 48.5 Å². The molecule has 1 fully saturated rings. The van der Waals surface area contributed by atoms with E-state index in [0.29, 0.717) is 17.3 Å². The van der Waals surface area contributed by atoms with Gasteiger partial charge in [-0.05, 0) is 24.3 Å². The second-order valence-electron chi connectivity index (χ2n) is 6.88. The molecule has 0 bridgehead atoms. The molecule has 0 amide bonds. The molecule has 3 heterocycles. The number of aromatic amines is 1. The number of piperazine rings is 1. The summed E-state index contributed by atoms with van der Waals surface area (Å²) in [6, 6.07) is 16.3. The third-order valence-electron chi connectivity index (χ3n) is 5.06. The fraction of sp³-hybridized carbons (Fsp3) is 0.190. The molecule has 7 heteroatoms. The van der Waals surface area contributed by atoms with Crippen LogP contribution in [0.3, 0.4) is 0 Å². The van der Waals surface area contributed by atoms with Gasteiger partial charge in [0.05, 0.1) is 22.9 Å². The van der Waals surface area contributed by atoms with Crippen LogP contribution in [0.4, 0.5) is 11.5 Å². The first kappa shape index (κ1) is 16.7. The molecule has 1 aliphatic rings. The SMILES string of the molecule is Nc1ncc(-c2ccc(N3CCNCC3)cc2)nc1-c1nc2ccccc2[nH]1. The van der Waals surface area contributed by atoms with Crippen molar-refractivity contribution < 1.29 is 0 Å². The Morgan fingerprint density at radius 3 is 2.50 bits per heavy atom. The summed E-state index contributed by atoms with van der Waals surface area (Å²) in [6.07, 6.45) is 1.71. The molecular weight excluding hydrogens is 350 g/mol. The van der Waals surface area contributed by atoms with Gasteiger partial charge < -0.3 is 20.9 Å². The van der Waals surface area contributed by atoms with E-state index < -0.39 is 0 Å². The lowest BCUT2D eigenvalue weighted by Gasteiger charge is -2.29. The summed E-state index contributed by atoms with van der Waals surface area (Å²) in [5, 5.41) is 3.38. The normalized spacial score (nSPS) is 14.5. The number of imidazole rings is 1. The molecule has 0 atom stereocenters. The van der Waals surface area contributed by atoms with E-state index in [1.807, 2.05) is 24.3 Å². The Morgan fingerprint density at radius 1 is 0.929 bits per heavy atom. The number of benzene rings is 2. The molecule has 0 unspecified atom stereocenters. The van der Waals surface area contributed by atoms with Gasteiger partial charge in [0.2, 0.25) is 0 Å². The molecule has 7 nitrogen and oxygen atoms in total. The van der Waals surface area contributed by atoms with Gasteiger partial charge in [-0.15, -0.1) is 0 Å². The maximum atomic E-state index is 6.10. The summed E-state index contributed by atoms with van der Waals surface area (Å²) in [6.45, 7) is 4.09. The van der Waals surface area contributed by atoms with Gasteiger partial charge in [-0.3, -0.25) is 0 Å². The fourth-order valence-electron chi connectivity index (χ4n) is 3.54. The van der Waals surface area contributed by atoms with E-state index in [1.165, 1.54) is 5.69 Å². The maximum absolute atomic E-state index is 6.10. The largest absolute Gasteiger partial charge is 0.382 e. The van der Waals surface area contributed by atoms with Gasteiger partial charge in [0.15, 0.2) is 11.6 Å². The Kier molecular flexibility index (Phi) is 4.14. The van der Waals surface area contributed by atoms with E-state index in [-0.39, 0.29) is 0 Å². The molecule has 0 spiro atoms. The predicted octanol–water partition coefficient (Wildman–Crippen LogP) is 2.68. The van der Waals surface area contributed by atoms with Crippen molar-refractivity contribution in [2.24, 2.45) is 0 Å². The van der Waals surface area contributed by atoms with Crippen LogP contribution in [0.5, 0.6) is 0 Å². The molecule has 140 valence electrons. The van der Waals surface area contributed by atoms with Gasteiger partial charge in [-0.2, -0.15) is 0 Å². The number of anilines is 2. The van der Waals surface area contributed by atoms with Crippen molar-refractivity contribution in [2.45, 2.75) is 0 Å². The highest BCUT2D eigenvalue weighted by Gasteiger charge is 2.14. The molecule has 28 heavy (non-hydrogen) atoms. The first-order valence-electron chi connectivity index (χ1n) is 9.42. The summed E-state index contributed by atoms with van der Waals surface area (Å²) in [5.41, 5.74) is 11.5. The minimum atomic E-state index is 0.361. The molecule has 2 aromatic carbocycles. The molecule has 4 aromatic rings. The number of hydrogen-bond donors (Lipinski definition) is 3. The zero-order chi connectivity index (χ0) is 18.9. The molecule has 2 aromatic heterocycles. The van der Waals surface area contributed by atoms with Crippen LogP contribution in [-0.4, -0.2) is 46.1 Å². The van der Waals surface area contributed by atoms with Crippen LogP contribution >= 0.6 is 0 Å². The summed E-state index contributed by atoms with van der Waals surface area (Å²) in [4.78, 5) is 19.4. The number of H-pyrrole nitrogens is 1. The highest BCUT2D eigenvalue weighted by atomic mass is 15.2. The minimum Gasteiger partial charge on any atom is -0.382 e. The molecule has 5 rings (SSSR count). The number of aromatic nitrogens is 4. The fourth-order valence-corrected chi connectivity index (χ4v) is 3.54. The smallest absolute Gasteiger partial charge is 0.161 e. The van der Waals surface area contributed by atoms with Crippen molar-refractivity contribution >= 4 is 22.5 Å². The summed E-state index contributed by atoms with van der Waals surface area (Å²) in [7, 11) is 0. The summed E-state index contributed by atoms with van der Waals surface area (Å²) >= 11 is 0. The van der Waals surface area contributed by atoms with Gasteiger partial charge in [0.1, 0.15) is 5.69 Å². The van der Waals surface area contributed by atoms with Gasteiger partial charge in [0.25, 0.3) is 0 Å². The molecule has 0 saturated carbocycles. The van der Waals surface area contributed by atoms with Gasteiger partial charge in [-0.1, -0.05) is 24.3 Å². The average molecular weight is 371 g/mol. The molecule has 0 radical (unpaired) electrons. The van der Waals surface area contributed by atoms with Crippen LogP contribution < -0.4 is 16.0 Å². The Balaban J connectivity index is 1.48. The van der Waals surface area contributed by atoms with Crippen LogP contribution in [-0.2, 0) is 0 Å². The Bertz CT molecular complexity index is 1080. The lowest BCUT2D eigenvalue weighted by atomic mass is 10.1. The lowest BCUT2D eigenvalue weighted by Crippen LogP contribution is -2.43. The second-order valence-corrected chi connectivity index (χ2v) is 6.88. The van der Waals surface area contributed by atoms with Crippen molar-refractivity contribution in [1.82, 2.24) is 25.3 Å². The number of hydrogen-bond acceptors (Lipinski definition) is 6. The molecule has 1 saturated heterocycles. The monoisotopic (exact) mass is 371 g/mol. The van der Waals surface area contributed by atoms with Crippen LogP contribution in [0.25, 0.3) is 33.8 Å². The highest BCUT2D eigenvalue weighted by Crippen LogP contribution is 2.27. The van der Waals surface area contributed by atoms with Crippen molar-refractivity contribution in [3.05, 3.63) is 54.7 Å². The second kappa shape index (κ2) is 6.94. The molecule has 4 N–H and O–H groups in total. The zero-order valence-corrected chi connectivity index (χ0v) is 15.4. The van der Waals surface area contributed by atoms with Gasteiger partial charge in [0, 0.05) is 37.4 Å². The third-order valence-corrected chi connectivity index (χ3v) is 5.06. The van der Waals surface area contributed by atoms with Gasteiger partial charge in [-0.25, -0.2) is 15.0 Å². The predicted molar refractivity (Wildman–Crippen MR) is 112 cm³/mol. The standard InChI is InChI=1S/C21H21N7/c22-20-19(21-26-16-3-1-2-4-17(16)27-21)25-18(13-24-20)14-5-7-15(8-6-14)28-11-9-23-10-12-28/h1-8,13,23H,9-12H2,(H2,22,24)(H,26,27). The summed E-state index contributed by atoms with van der Waals surface area (Å²) < 4.78 is 0. The first-order chi connectivity index (χ1) is 13.8. The number of nitrogens with one attached hydrogen (secondary N) is 2. The number of nitrogen functional groups attached to an aromatic ring is 1.